The van der Waals surface area contributed by atoms with Crippen molar-refractivity contribution in [2.24, 2.45) is 0 Å². The molecular weight excluding hydrogens is 336 g/mol. The summed E-state index contributed by atoms with van der Waals surface area (Å²) in [6.07, 6.45) is 5.17. The van der Waals surface area contributed by atoms with Gasteiger partial charge in [-0.3, -0.25) is 9.59 Å². The maximum Gasteiger partial charge on any atom is 0.249 e. The summed E-state index contributed by atoms with van der Waals surface area (Å²) in [7, 11) is 0. The first-order valence-corrected chi connectivity index (χ1v) is 8.84. The molecule has 1 aliphatic rings. The van der Waals surface area contributed by atoms with E-state index in [1.165, 1.54) is 6.92 Å². The lowest BCUT2D eigenvalue weighted by molar-refractivity contribution is -0.137. The van der Waals surface area contributed by atoms with Crippen LogP contribution in [0.2, 0.25) is 0 Å². The van der Waals surface area contributed by atoms with Crippen molar-refractivity contribution in [2.45, 2.75) is 58.0 Å². The standard InChI is InChI=1S/C17H24N6O3/c1-10(2)15-21-16(26-22-15)14-5-4-6-23(14)17(25)13(20-11(3)24)7-12-8-18-9-19-12/h8-10,13-14H,4-7H2,1-3H3,(H,18,19)(H,20,24)/t13-,14-/m0/s1. The number of likely N-dealkylation sites (tertiary alicyclic amines) is 1. The zero-order chi connectivity index (χ0) is 18.7. The third-order valence-corrected chi connectivity index (χ3v) is 4.45. The van der Waals surface area contributed by atoms with Gasteiger partial charge in [0.1, 0.15) is 12.1 Å². The second-order valence-electron chi connectivity index (χ2n) is 6.87. The molecule has 2 atom stereocenters. The van der Waals surface area contributed by atoms with E-state index in [2.05, 4.69) is 25.4 Å². The highest BCUT2D eigenvalue weighted by atomic mass is 16.5. The number of nitrogens with one attached hydrogen (secondary N) is 2. The highest BCUT2D eigenvalue weighted by Gasteiger charge is 2.37. The molecule has 3 rings (SSSR count). The van der Waals surface area contributed by atoms with E-state index in [9.17, 15) is 9.59 Å². The van der Waals surface area contributed by atoms with Crippen LogP contribution in [0.3, 0.4) is 0 Å². The molecule has 0 aliphatic carbocycles. The third kappa shape index (κ3) is 3.92. The van der Waals surface area contributed by atoms with Gasteiger partial charge in [0, 0.05) is 37.7 Å². The van der Waals surface area contributed by atoms with Crippen LogP contribution in [0.5, 0.6) is 0 Å². The molecule has 2 amide bonds. The second-order valence-corrected chi connectivity index (χ2v) is 6.87. The highest BCUT2D eigenvalue weighted by molar-refractivity contribution is 5.87. The van der Waals surface area contributed by atoms with Gasteiger partial charge in [-0.2, -0.15) is 4.98 Å². The Labute approximate surface area is 151 Å². The van der Waals surface area contributed by atoms with E-state index >= 15 is 0 Å². The molecule has 1 fully saturated rings. The maximum absolute atomic E-state index is 13.1. The Balaban J connectivity index is 1.78. The summed E-state index contributed by atoms with van der Waals surface area (Å²) in [6, 6.07) is -0.915. The predicted molar refractivity (Wildman–Crippen MR) is 92.0 cm³/mol. The van der Waals surface area contributed by atoms with E-state index in [-0.39, 0.29) is 23.8 Å². The summed E-state index contributed by atoms with van der Waals surface area (Å²) >= 11 is 0. The van der Waals surface area contributed by atoms with E-state index in [0.717, 1.165) is 18.5 Å². The fraction of sp³-hybridized carbons (Fsp3) is 0.588. The predicted octanol–water partition coefficient (Wildman–Crippen LogP) is 1.33. The number of carbonyl (C=O) groups excluding carboxylic acids is 2. The van der Waals surface area contributed by atoms with E-state index < -0.39 is 6.04 Å². The first-order chi connectivity index (χ1) is 12.5. The van der Waals surface area contributed by atoms with Gasteiger partial charge in [0.2, 0.25) is 17.7 Å². The average molecular weight is 360 g/mol. The Kier molecular flexibility index (Phi) is 5.34. The van der Waals surface area contributed by atoms with Crippen LogP contribution in [0.1, 0.15) is 63.0 Å². The number of imidazole rings is 1. The Hall–Kier alpha value is -2.71. The summed E-state index contributed by atoms with van der Waals surface area (Å²) < 4.78 is 5.40. The van der Waals surface area contributed by atoms with Crippen molar-refractivity contribution >= 4 is 11.8 Å². The van der Waals surface area contributed by atoms with Crippen molar-refractivity contribution in [3.05, 3.63) is 29.9 Å². The largest absolute Gasteiger partial charge is 0.348 e. The topological polar surface area (TPSA) is 117 Å². The summed E-state index contributed by atoms with van der Waals surface area (Å²) in [5.74, 6) is 0.850. The number of amides is 2. The minimum absolute atomic E-state index is 0.151. The van der Waals surface area contributed by atoms with Gasteiger partial charge in [-0.25, -0.2) is 4.98 Å². The Bertz CT molecular complexity index is 754. The van der Waals surface area contributed by atoms with E-state index in [1.807, 2.05) is 13.8 Å². The fourth-order valence-electron chi connectivity index (χ4n) is 3.17. The highest BCUT2D eigenvalue weighted by Crippen LogP contribution is 2.32. The van der Waals surface area contributed by atoms with Crippen molar-refractivity contribution in [3.8, 4) is 0 Å². The minimum Gasteiger partial charge on any atom is -0.348 e. The molecule has 26 heavy (non-hydrogen) atoms. The van der Waals surface area contributed by atoms with Crippen LogP contribution in [0, 0.1) is 0 Å². The van der Waals surface area contributed by atoms with Gasteiger partial charge in [0.25, 0.3) is 0 Å². The SMILES string of the molecule is CC(=O)N[C@@H](Cc1cnc[nH]1)C(=O)N1CCC[C@H]1c1nc(C(C)C)no1. The van der Waals surface area contributed by atoms with Crippen LogP contribution in [0.4, 0.5) is 0 Å². The Morgan fingerprint density at radius 3 is 2.88 bits per heavy atom. The molecule has 2 aromatic heterocycles. The molecule has 1 aliphatic heterocycles. The van der Waals surface area contributed by atoms with Gasteiger partial charge >= 0.3 is 0 Å². The summed E-state index contributed by atoms with van der Waals surface area (Å²) in [4.78, 5) is 37.8. The number of carbonyl (C=O) groups is 2. The van der Waals surface area contributed by atoms with Gasteiger partial charge in [0.15, 0.2) is 5.82 Å². The zero-order valence-corrected chi connectivity index (χ0v) is 15.2. The Morgan fingerprint density at radius 1 is 1.46 bits per heavy atom. The number of aromatic nitrogens is 4. The summed E-state index contributed by atoms with van der Waals surface area (Å²) in [6.45, 7) is 5.98. The zero-order valence-electron chi connectivity index (χ0n) is 15.2. The van der Waals surface area contributed by atoms with Crippen LogP contribution in [-0.2, 0) is 16.0 Å². The molecule has 140 valence electrons. The van der Waals surface area contributed by atoms with Crippen LogP contribution in [0.15, 0.2) is 17.0 Å². The van der Waals surface area contributed by atoms with Crippen molar-refractivity contribution < 1.29 is 14.1 Å². The van der Waals surface area contributed by atoms with Crippen molar-refractivity contribution in [1.29, 1.82) is 0 Å². The quantitative estimate of drug-likeness (QED) is 0.802. The van der Waals surface area contributed by atoms with Crippen LogP contribution < -0.4 is 5.32 Å². The number of aromatic amines is 1. The first-order valence-electron chi connectivity index (χ1n) is 8.84. The van der Waals surface area contributed by atoms with Gasteiger partial charge in [-0.1, -0.05) is 19.0 Å². The summed E-state index contributed by atoms with van der Waals surface area (Å²) in [5.41, 5.74) is 0.785. The third-order valence-electron chi connectivity index (χ3n) is 4.45. The van der Waals surface area contributed by atoms with E-state index in [4.69, 9.17) is 4.52 Å². The van der Waals surface area contributed by atoms with Gasteiger partial charge in [-0.05, 0) is 12.8 Å². The normalized spacial score (nSPS) is 18.3. The Morgan fingerprint density at radius 2 is 2.27 bits per heavy atom. The van der Waals surface area contributed by atoms with E-state index in [1.54, 1.807) is 17.4 Å². The smallest absolute Gasteiger partial charge is 0.249 e. The lowest BCUT2D eigenvalue weighted by Gasteiger charge is -2.27. The first kappa shape index (κ1) is 18.1. The molecule has 1 saturated heterocycles. The van der Waals surface area contributed by atoms with Gasteiger partial charge in [0.05, 0.1) is 6.33 Å². The molecule has 0 aromatic carbocycles. The number of nitrogens with zero attached hydrogens (tertiary/aromatic N) is 4. The number of hydrogen-bond donors (Lipinski definition) is 2. The fourth-order valence-corrected chi connectivity index (χ4v) is 3.17. The number of H-pyrrole nitrogens is 1. The molecule has 2 aromatic rings. The lowest BCUT2D eigenvalue weighted by atomic mass is 10.1. The van der Waals surface area contributed by atoms with E-state index in [0.29, 0.717) is 24.7 Å². The monoisotopic (exact) mass is 360 g/mol. The lowest BCUT2D eigenvalue weighted by Crippen LogP contribution is -2.49. The van der Waals surface area contributed by atoms with Gasteiger partial charge < -0.3 is 19.7 Å². The van der Waals surface area contributed by atoms with Crippen molar-refractivity contribution in [2.75, 3.05) is 6.54 Å². The molecule has 0 unspecified atom stereocenters. The van der Waals surface area contributed by atoms with Gasteiger partial charge in [-0.15, -0.1) is 0 Å². The molecular formula is C17H24N6O3. The maximum atomic E-state index is 13.1. The number of hydrogen-bond acceptors (Lipinski definition) is 6. The molecule has 0 saturated carbocycles. The number of rotatable bonds is 6. The molecule has 3 heterocycles. The van der Waals surface area contributed by atoms with Crippen molar-refractivity contribution in [3.63, 3.8) is 0 Å². The van der Waals surface area contributed by atoms with Crippen LogP contribution in [0.25, 0.3) is 0 Å². The van der Waals surface area contributed by atoms with Crippen molar-refractivity contribution in [1.82, 2.24) is 30.3 Å². The molecule has 0 radical (unpaired) electrons. The molecule has 2 N–H and O–H groups in total. The molecule has 0 bridgehead atoms. The van der Waals surface area contributed by atoms with Crippen LogP contribution in [-0.4, -0.2) is 49.4 Å². The molecule has 0 spiro atoms. The average Bonchev–Trinajstić information content (AvgIpc) is 3.32. The second kappa shape index (κ2) is 7.67. The summed E-state index contributed by atoms with van der Waals surface area (Å²) in [5, 5.41) is 6.75. The minimum atomic E-state index is -0.666. The molecule has 9 heteroatoms. The molecule has 9 nitrogen and oxygen atoms in total. The van der Waals surface area contributed by atoms with Crippen LogP contribution >= 0.6 is 0 Å².